The molecule has 1 amide bonds. The van der Waals surface area contributed by atoms with E-state index in [1.807, 2.05) is 54.8 Å². The van der Waals surface area contributed by atoms with Gasteiger partial charge in [-0.3, -0.25) is 14.2 Å². The summed E-state index contributed by atoms with van der Waals surface area (Å²) in [4.78, 5) is 31.2. The molecule has 1 atom stereocenters. The lowest BCUT2D eigenvalue weighted by Gasteiger charge is -2.18. The fraction of sp³-hybridized carbons (Fsp3) is 0.240. The van der Waals surface area contributed by atoms with Crippen molar-refractivity contribution in [2.45, 2.75) is 30.3 Å². The number of carbonyl (C=O) groups excluding carboxylic acids is 1. The molecule has 0 aliphatic heterocycles. The van der Waals surface area contributed by atoms with Crippen LogP contribution in [0.15, 0.2) is 69.9 Å². The van der Waals surface area contributed by atoms with Gasteiger partial charge in [0, 0.05) is 0 Å². The van der Waals surface area contributed by atoms with Crippen LogP contribution >= 0.6 is 23.1 Å². The predicted molar refractivity (Wildman–Crippen MR) is 138 cm³/mol. The fourth-order valence-corrected chi connectivity index (χ4v) is 5.27. The first-order valence-corrected chi connectivity index (χ1v) is 12.5. The molecule has 9 heteroatoms. The topological polar surface area (TPSA) is 82.5 Å². The van der Waals surface area contributed by atoms with Gasteiger partial charge in [-0.05, 0) is 47.7 Å². The standard InChI is InChI=1S/C25H25N3O4S2/c1-4-21(23(29)26-18-7-5-6-8-20(18)32-3)34-25-27-19-13-14-33-22(19)24(30)28(25)15-16-9-11-17(31-2)12-10-16/h5-14,21H,4,15H2,1-3H3,(H,26,29). The highest BCUT2D eigenvalue weighted by molar-refractivity contribution is 8.00. The lowest BCUT2D eigenvalue weighted by Crippen LogP contribution is -2.28. The van der Waals surface area contributed by atoms with Gasteiger partial charge in [0.05, 0.1) is 37.2 Å². The zero-order valence-electron chi connectivity index (χ0n) is 19.1. The summed E-state index contributed by atoms with van der Waals surface area (Å²) in [5.74, 6) is 1.16. The van der Waals surface area contributed by atoms with Crippen LogP contribution in [0.3, 0.4) is 0 Å². The Hall–Kier alpha value is -3.30. The summed E-state index contributed by atoms with van der Waals surface area (Å²) in [6, 6.07) is 16.7. The molecule has 0 aliphatic carbocycles. The molecule has 0 bridgehead atoms. The molecule has 0 saturated heterocycles. The molecule has 7 nitrogen and oxygen atoms in total. The van der Waals surface area contributed by atoms with Crippen LogP contribution in [0, 0.1) is 0 Å². The van der Waals surface area contributed by atoms with Crippen LogP contribution in [0.25, 0.3) is 10.2 Å². The number of carbonyl (C=O) groups is 1. The summed E-state index contributed by atoms with van der Waals surface area (Å²) in [7, 11) is 3.18. The van der Waals surface area contributed by atoms with Crippen molar-refractivity contribution in [2.24, 2.45) is 0 Å². The third kappa shape index (κ3) is 5.10. The first kappa shape index (κ1) is 23.8. The minimum atomic E-state index is -0.449. The number of nitrogens with one attached hydrogen (secondary N) is 1. The van der Waals surface area contributed by atoms with Crippen LogP contribution in [0.5, 0.6) is 11.5 Å². The van der Waals surface area contributed by atoms with E-state index in [9.17, 15) is 9.59 Å². The summed E-state index contributed by atoms with van der Waals surface area (Å²) in [6.07, 6.45) is 0.561. The summed E-state index contributed by atoms with van der Waals surface area (Å²) in [6.45, 7) is 2.28. The highest BCUT2D eigenvalue weighted by atomic mass is 32.2. The molecule has 176 valence electrons. The van der Waals surface area contributed by atoms with Crippen molar-refractivity contribution in [2.75, 3.05) is 19.5 Å². The molecule has 4 rings (SSSR count). The SMILES string of the molecule is CCC(Sc1nc2ccsc2c(=O)n1Cc1ccc(OC)cc1)C(=O)Nc1ccccc1OC. The number of fused-ring (bicyclic) bond motifs is 1. The van der Waals surface area contributed by atoms with Gasteiger partial charge in [-0.15, -0.1) is 11.3 Å². The molecular formula is C25H25N3O4S2. The van der Waals surface area contributed by atoms with Gasteiger partial charge in [0.15, 0.2) is 5.16 Å². The number of methoxy groups -OCH3 is 2. The Morgan fingerprint density at radius 2 is 1.88 bits per heavy atom. The van der Waals surface area contributed by atoms with E-state index >= 15 is 0 Å². The zero-order valence-corrected chi connectivity index (χ0v) is 20.7. The highest BCUT2D eigenvalue weighted by Crippen LogP contribution is 2.29. The van der Waals surface area contributed by atoms with Gasteiger partial charge in [-0.2, -0.15) is 0 Å². The number of thioether (sulfide) groups is 1. The lowest BCUT2D eigenvalue weighted by atomic mass is 10.2. The Kier molecular flexibility index (Phi) is 7.54. The number of nitrogens with zero attached hydrogens (tertiary/aromatic N) is 2. The molecule has 1 N–H and O–H groups in total. The number of para-hydroxylation sites is 2. The summed E-state index contributed by atoms with van der Waals surface area (Å²) in [5.41, 5.74) is 2.07. The maximum atomic E-state index is 13.3. The van der Waals surface area contributed by atoms with Gasteiger partial charge in [-0.1, -0.05) is 43.0 Å². The maximum absolute atomic E-state index is 13.3. The number of amides is 1. The van der Waals surface area contributed by atoms with Crippen LogP contribution in [-0.2, 0) is 11.3 Å². The van der Waals surface area contributed by atoms with Crippen LogP contribution < -0.4 is 20.3 Å². The predicted octanol–water partition coefficient (Wildman–Crippen LogP) is 5.03. The van der Waals surface area contributed by atoms with Gasteiger partial charge >= 0.3 is 0 Å². The molecule has 0 fully saturated rings. The number of hydrogen-bond donors (Lipinski definition) is 1. The van der Waals surface area contributed by atoms with Gasteiger partial charge in [-0.25, -0.2) is 4.98 Å². The minimum Gasteiger partial charge on any atom is -0.497 e. The molecule has 0 radical (unpaired) electrons. The largest absolute Gasteiger partial charge is 0.497 e. The molecule has 2 aromatic carbocycles. The van der Waals surface area contributed by atoms with Crippen LogP contribution in [0.2, 0.25) is 0 Å². The van der Waals surface area contributed by atoms with E-state index in [1.54, 1.807) is 30.9 Å². The summed E-state index contributed by atoms with van der Waals surface area (Å²) < 4.78 is 12.8. The quantitative estimate of drug-likeness (QED) is 0.259. The van der Waals surface area contributed by atoms with Crippen molar-refractivity contribution in [1.29, 1.82) is 0 Å². The highest BCUT2D eigenvalue weighted by Gasteiger charge is 2.23. The van der Waals surface area contributed by atoms with Gasteiger partial charge < -0.3 is 14.8 Å². The number of hydrogen-bond acceptors (Lipinski definition) is 7. The molecule has 2 heterocycles. The first-order chi connectivity index (χ1) is 16.5. The van der Waals surface area contributed by atoms with Gasteiger partial charge in [0.1, 0.15) is 16.2 Å². The molecule has 0 saturated carbocycles. The Labute approximate surface area is 205 Å². The van der Waals surface area contributed by atoms with E-state index in [1.165, 1.54) is 23.1 Å². The van der Waals surface area contributed by atoms with E-state index in [2.05, 4.69) is 5.32 Å². The monoisotopic (exact) mass is 495 g/mol. The first-order valence-electron chi connectivity index (χ1n) is 10.8. The molecule has 1 unspecified atom stereocenters. The third-order valence-electron chi connectivity index (χ3n) is 5.31. The Balaban J connectivity index is 1.65. The van der Waals surface area contributed by atoms with Crippen LogP contribution in [0.4, 0.5) is 5.69 Å². The number of benzene rings is 2. The Morgan fingerprint density at radius 1 is 1.12 bits per heavy atom. The van der Waals surface area contributed by atoms with Crippen molar-refractivity contribution in [3.63, 3.8) is 0 Å². The van der Waals surface area contributed by atoms with E-state index in [0.717, 1.165) is 11.3 Å². The van der Waals surface area contributed by atoms with Crippen molar-refractivity contribution in [3.05, 3.63) is 75.9 Å². The molecule has 0 aliphatic rings. The number of thiophene rings is 1. The van der Waals surface area contributed by atoms with E-state index in [4.69, 9.17) is 14.5 Å². The van der Waals surface area contributed by atoms with E-state index < -0.39 is 5.25 Å². The average Bonchev–Trinajstić information content (AvgIpc) is 3.34. The average molecular weight is 496 g/mol. The normalized spacial score (nSPS) is 11.9. The smallest absolute Gasteiger partial charge is 0.272 e. The van der Waals surface area contributed by atoms with Crippen molar-refractivity contribution >= 4 is 44.9 Å². The van der Waals surface area contributed by atoms with Crippen LogP contribution in [0.1, 0.15) is 18.9 Å². The maximum Gasteiger partial charge on any atom is 0.272 e. The zero-order chi connectivity index (χ0) is 24.1. The second-order valence-corrected chi connectivity index (χ2v) is 9.56. The second-order valence-electron chi connectivity index (χ2n) is 7.47. The van der Waals surface area contributed by atoms with Crippen LogP contribution in [-0.4, -0.2) is 34.9 Å². The van der Waals surface area contributed by atoms with Crippen molar-refractivity contribution < 1.29 is 14.3 Å². The van der Waals surface area contributed by atoms with Gasteiger partial charge in [0.25, 0.3) is 5.56 Å². The molecule has 2 aromatic heterocycles. The van der Waals surface area contributed by atoms with E-state index in [-0.39, 0.29) is 11.5 Å². The molecule has 4 aromatic rings. The summed E-state index contributed by atoms with van der Waals surface area (Å²) in [5, 5.41) is 4.87. The molecular weight excluding hydrogens is 470 g/mol. The Morgan fingerprint density at radius 3 is 2.59 bits per heavy atom. The van der Waals surface area contributed by atoms with Crippen molar-refractivity contribution in [1.82, 2.24) is 9.55 Å². The molecule has 0 spiro atoms. The second kappa shape index (κ2) is 10.8. The fourth-order valence-electron chi connectivity index (χ4n) is 3.48. The van der Waals surface area contributed by atoms with Crippen molar-refractivity contribution in [3.8, 4) is 11.5 Å². The Bertz CT molecular complexity index is 1350. The van der Waals surface area contributed by atoms with Gasteiger partial charge in [0.2, 0.25) is 5.91 Å². The number of anilines is 1. The number of aromatic nitrogens is 2. The minimum absolute atomic E-state index is 0.113. The molecule has 34 heavy (non-hydrogen) atoms. The number of ether oxygens (including phenoxy) is 2. The third-order valence-corrected chi connectivity index (χ3v) is 7.55. The summed E-state index contributed by atoms with van der Waals surface area (Å²) >= 11 is 2.67. The number of rotatable bonds is 9. The van der Waals surface area contributed by atoms with E-state index in [0.29, 0.717) is 39.8 Å². The lowest BCUT2D eigenvalue weighted by molar-refractivity contribution is -0.115.